The second kappa shape index (κ2) is 6.17. The monoisotopic (exact) mass is 314 g/mol. The summed E-state index contributed by atoms with van der Waals surface area (Å²) >= 11 is 4.74. The van der Waals surface area contributed by atoms with Gasteiger partial charge in [0, 0.05) is 5.56 Å². The van der Waals surface area contributed by atoms with E-state index in [0.29, 0.717) is 5.56 Å². The smallest absolute Gasteiger partial charge is 0.127 e. The number of aromatic hydroxyl groups is 1. The Morgan fingerprint density at radius 3 is 2.45 bits per heavy atom. The second-order valence-electron chi connectivity index (χ2n) is 5.77. The fraction of sp³-hybridized carbons (Fsp3) is 0.263. The van der Waals surface area contributed by atoms with Crippen LogP contribution in [0.1, 0.15) is 36.8 Å². The van der Waals surface area contributed by atoms with Crippen LogP contribution >= 0.6 is 12.6 Å². The lowest BCUT2D eigenvalue weighted by Gasteiger charge is -2.35. The number of allylic oxidation sites excluding steroid dienone is 2. The Bertz CT molecular complexity index is 693. The molecule has 0 aromatic heterocycles. The quantitative estimate of drug-likeness (QED) is 0.730. The topological polar surface area (TPSA) is 20.2 Å². The fourth-order valence-electron chi connectivity index (χ4n) is 3.35. The molecule has 0 heterocycles. The molecule has 114 valence electrons. The third-order valence-corrected chi connectivity index (χ3v) is 5.04. The standard InChI is InChI=1S/C19H19FOS/c20-17-7-4-3-6-16(17)19(13-5-1-2-8-18(19)22)14-9-11-15(21)12-10-14/h3-4,6-12,21-22H,1-2,5,13H2. The maximum Gasteiger partial charge on any atom is 0.127 e. The predicted molar refractivity (Wildman–Crippen MR) is 90.8 cm³/mol. The summed E-state index contributed by atoms with van der Waals surface area (Å²) in [4.78, 5) is 0.890. The zero-order valence-corrected chi connectivity index (χ0v) is 13.2. The molecular formula is C19H19FOS. The van der Waals surface area contributed by atoms with Crippen LogP contribution in [0.15, 0.2) is 59.5 Å². The van der Waals surface area contributed by atoms with E-state index >= 15 is 0 Å². The number of benzene rings is 2. The van der Waals surface area contributed by atoms with Crippen molar-refractivity contribution in [3.8, 4) is 5.75 Å². The molecule has 1 nitrogen and oxygen atoms in total. The fourth-order valence-corrected chi connectivity index (χ4v) is 3.84. The third kappa shape index (κ3) is 2.54. The van der Waals surface area contributed by atoms with Gasteiger partial charge in [0.1, 0.15) is 11.6 Å². The summed E-state index contributed by atoms with van der Waals surface area (Å²) in [5.74, 6) is 0.00294. The number of rotatable bonds is 2. The van der Waals surface area contributed by atoms with Gasteiger partial charge in [-0.1, -0.05) is 42.8 Å². The zero-order valence-electron chi connectivity index (χ0n) is 12.3. The summed E-state index contributed by atoms with van der Waals surface area (Å²) in [6.45, 7) is 0. The van der Waals surface area contributed by atoms with Crippen molar-refractivity contribution in [1.29, 1.82) is 0 Å². The van der Waals surface area contributed by atoms with E-state index in [2.05, 4.69) is 6.08 Å². The molecule has 0 aliphatic heterocycles. The minimum absolute atomic E-state index is 0.211. The Morgan fingerprint density at radius 2 is 1.73 bits per heavy atom. The molecule has 1 aliphatic rings. The van der Waals surface area contributed by atoms with E-state index in [4.69, 9.17) is 12.6 Å². The highest BCUT2D eigenvalue weighted by Gasteiger charge is 2.39. The summed E-state index contributed by atoms with van der Waals surface area (Å²) in [6.07, 6.45) is 5.98. The van der Waals surface area contributed by atoms with Crippen LogP contribution in [0.3, 0.4) is 0 Å². The Hall–Kier alpha value is -1.74. The molecule has 3 rings (SSSR count). The SMILES string of the molecule is Oc1ccc(C2(c3ccccc3F)CCCCC=C2S)cc1. The van der Waals surface area contributed by atoms with E-state index in [1.165, 1.54) is 6.07 Å². The van der Waals surface area contributed by atoms with Crippen LogP contribution in [-0.4, -0.2) is 5.11 Å². The molecule has 0 fully saturated rings. The molecule has 0 spiro atoms. The Kier molecular flexibility index (Phi) is 4.25. The average Bonchev–Trinajstić information content (AvgIpc) is 2.71. The number of hydrogen-bond acceptors (Lipinski definition) is 2. The van der Waals surface area contributed by atoms with Crippen LogP contribution in [0, 0.1) is 5.82 Å². The van der Waals surface area contributed by atoms with Gasteiger partial charge >= 0.3 is 0 Å². The van der Waals surface area contributed by atoms with Crippen molar-refractivity contribution in [3.63, 3.8) is 0 Å². The molecule has 2 aromatic rings. The molecule has 0 saturated carbocycles. The average molecular weight is 314 g/mol. The summed E-state index contributed by atoms with van der Waals surface area (Å²) < 4.78 is 14.6. The largest absolute Gasteiger partial charge is 0.508 e. The number of hydrogen-bond donors (Lipinski definition) is 2. The van der Waals surface area contributed by atoms with E-state index in [1.54, 1.807) is 18.2 Å². The van der Waals surface area contributed by atoms with E-state index in [-0.39, 0.29) is 11.6 Å². The van der Waals surface area contributed by atoms with Gasteiger partial charge in [-0.2, -0.15) is 0 Å². The number of halogens is 1. The van der Waals surface area contributed by atoms with Crippen molar-refractivity contribution in [2.24, 2.45) is 0 Å². The van der Waals surface area contributed by atoms with Crippen molar-refractivity contribution >= 4 is 12.6 Å². The molecule has 0 amide bonds. The maximum absolute atomic E-state index is 14.6. The molecule has 2 aromatic carbocycles. The zero-order chi connectivity index (χ0) is 15.6. The van der Waals surface area contributed by atoms with Gasteiger partial charge < -0.3 is 5.11 Å². The normalized spacial score (nSPS) is 22.0. The summed E-state index contributed by atoms with van der Waals surface area (Å²) in [5, 5.41) is 9.58. The van der Waals surface area contributed by atoms with Crippen LogP contribution in [-0.2, 0) is 5.41 Å². The van der Waals surface area contributed by atoms with Crippen LogP contribution in [0.5, 0.6) is 5.75 Å². The second-order valence-corrected chi connectivity index (χ2v) is 6.25. The molecule has 0 bridgehead atoms. The summed E-state index contributed by atoms with van der Waals surface area (Å²) in [5.41, 5.74) is 1.06. The van der Waals surface area contributed by atoms with Gasteiger partial charge in [-0.15, -0.1) is 12.6 Å². The van der Waals surface area contributed by atoms with Gasteiger partial charge in [0.05, 0.1) is 5.41 Å². The first kappa shape index (κ1) is 15.2. The predicted octanol–water partition coefficient (Wildman–Crippen LogP) is 5.21. The van der Waals surface area contributed by atoms with E-state index in [1.807, 2.05) is 24.3 Å². The van der Waals surface area contributed by atoms with Crippen molar-refractivity contribution in [3.05, 3.63) is 76.5 Å². The molecule has 1 aliphatic carbocycles. The van der Waals surface area contributed by atoms with Crippen molar-refractivity contribution < 1.29 is 9.50 Å². The number of phenols is 1. The first-order valence-corrected chi connectivity index (χ1v) is 8.03. The minimum atomic E-state index is -0.571. The highest BCUT2D eigenvalue weighted by molar-refractivity contribution is 7.84. The maximum atomic E-state index is 14.6. The first-order chi connectivity index (χ1) is 10.6. The van der Waals surface area contributed by atoms with Crippen LogP contribution in [0.2, 0.25) is 0 Å². The molecule has 3 heteroatoms. The lowest BCUT2D eigenvalue weighted by Crippen LogP contribution is -2.29. The van der Waals surface area contributed by atoms with Gasteiger partial charge in [0.2, 0.25) is 0 Å². The molecule has 22 heavy (non-hydrogen) atoms. The first-order valence-electron chi connectivity index (χ1n) is 7.59. The van der Waals surface area contributed by atoms with Crippen molar-refractivity contribution in [1.82, 2.24) is 0 Å². The lowest BCUT2D eigenvalue weighted by atomic mass is 9.71. The van der Waals surface area contributed by atoms with E-state index in [0.717, 1.165) is 36.2 Å². The molecular weight excluding hydrogens is 295 g/mol. The van der Waals surface area contributed by atoms with Crippen LogP contribution in [0.25, 0.3) is 0 Å². The summed E-state index contributed by atoms with van der Waals surface area (Å²) in [7, 11) is 0. The molecule has 0 saturated heterocycles. The molecule has 0 radical (unpaired) electrons. The van der Waals surface area contributed by atoms with Gasteiger partial charge in [-0.05, 0) is 47.9 Å². The van der Waals surface area contributed by atoms with Gasteiger partial charge in [-0.25, -0.2) is 4.39 Å². The number of phenolic OH excluding ortho intramolecular Hbond substituents is 1. The summed E-state index contributed by atoms with van der Waals surface area (Å²) in [6, 6.07) is 14.0. The highest BCUT2D eigenvalue weighted by atomic mass is 32.1. The highest BCUT2D eigenvalue weighted by Crippen LogP contribution is 2.47. The van der Waals surface area contributed by atoms with Gasteiger partial charge in [0.15, 0.2) is 0 Å². The Balaban J connectivity index is 2.26. The number of thiol groups is 1. The van der Waals surface area contributed by atoms with Gasteiger partial charge in [-0.3, -0.25) is 0 Å². The Morgan fingerprint density at radius 1 is 1.00 bits per heavy atom. The van der Waals surface area contributed by atoms with Crippen LogP contribution in [0.4, 0.5) is 4.39 Å². The van der Waals surface area contributed by atoms with Crippen LogP contribution < -0.4 is 0 Å². The van der Waals surface area contributed by atoms with E-state index < -0.39 is 5.41 Å². The minimum Gasteiger partial charge on any atom is -0.508 e. The molecule has 1 atom stereocenters. The molecule has 1 unspecified atom stereocenters. The van der Waals surface area contributed by atoms with Gasteiger partial charge in [0.25, 0.3) is 0 Å². The lowest BCUT2D eigenvalue weighted by molar-refractivity contribution is 0.472. The van der Waals surface area contributed by atoms with Crippen molar-refractivity contribution in [2.45, 2.75) is 31.1 Å². The van der Waals surface area contributed by atoms with E-state index in [9.17, 15) is 9.50 Å². The third-order valence-electron chi connectivity index (χ3n) is 4.47. The Labute approximate surface area is 135 Å². The molecule has 1 N–H and O–H groups in total. The van der Waals surface area contributed by atoms with Crippen molar-refractivity contribution in [2.75, 3.05) is 0 Å².